The molecule has 0 aromatic heterocycles. The van der Waals surface area contributed by atoms with Gasteiger partial charge < -0.3 is 5.32 Å². The van der Waals surface area contributed by atoms with E-state index in [-0.39, 0.29) is 23.3 Å². The quantitative estimate of drug-likeness (QED) is 0.694. The number of amides is 1. The maximum atomic E-state index is 13.0. The van der Waals surface area contributed by atoms with E-state index < -0.39 is 15.8 Å². The van der Waals surface area contributed by atoms with Crippen molar-refractivity contribution in [2.75, 3.05) is 4.72 Å². The number of carbonyl (C=O) groups excluding carboxylic acids is 1. The van der Waals surface area contributed by atoms with Crippen LogP contribution in [-0.2, 0) is 21.2 Å². The highest BCUT2D eigenvalue weighted by molar-refractivity contribution is 7.92. The molecule has 0 aliphatic heterocycles. The van der Waals surface area contributed by atoms with Gasteiger partial charge in [-0.1, -0.05) is 18.6 Å². The third kappa shape index (κ3) is 4.67. The SMILES string of the molecule is C[C@@H](NC(=O)Cc1ccc(NS(=O)(=O)c2ccc(F)cc2)cc1)[C@H]1C[C@@H]2CC[C@@H]1C2. The molecule has 2 aliphatic carbocycles. The fourth-order valence-corrected chi connectivity index (χ4v) is 6.08. The topological polar surface area (TPSA) is 75.3 Å². The second-order valence-electron chi connectivity index (χ2n) is 8.63. The first-order chi connectivity index (χ1) is 14.3. The lowest BCUT2D eigenvalue weighted by Crippen LogP contribution is -2.40. The smallest absolute Gasteiger partial charge is 0.261 e. The lowest BCUT2D eigenvalue weighted by molar-refractivity contribution is -0.121. The van der Waals surface area contributed by atoms with Crippen molar-refractivity contribution in [1.82, 2.24) is 5.32 Å². The van der Waals surface area contributed by atoms with Crippen LogP contribution >= 0.6 is 0 Å². The average molecular weight is 431 g/mol. The van der Waals surface area contributed by atoms with Crippen LogP contribution in [0.3, 0.4) is 0 Å². The number of fused-ring (bicyclic) bond motifs is 2. The largest absolute Gasteiger partial charge is 0.353 e. The van der Waals surface area contributed by atoms with E-state index in [1.165, 1.54) is 37.8 Å². The molecule has 0 heterocycles. The van der Waals surface area contributed by atoms with Gasteiger partial charge in [-0.25, -0.2) is 12.8 Å². The van der Waals surface area contributed by atoms with Gasteiger partial charge in [0.05, 0.1) is 11.3 Å². The van der Waals surface area contributed by atoms with Crippen LogP contribution in [0.4, 0.5) is 10.1 Å². The number of nitrogens with one attached hydrogen (secondary N) is 2. The predicted octanol–water partition coefficient (Wildman–Crippen LogP) is 4.11. The van der Waals surface area contributed by atoms with Crippen molar-refractivity contribution in [1.29, 1.82) is 0 Å². The molecule has 0 saturated heterocycles. The normalized spacial score (nSPS) is 23.9. The van der Waals surface area contributed by atoms with Gasteiger partial charge >= 0.3 is 0 Å². The second kappa shape index (κ2) is 8.38. The van der Waals surface area contributed by atoms with E-state index in [4.69, 9.17) is 0 Å². The van der Waals surface area contributed by atoms with E-state index in [1.807, 2.05) is 0 Å². The molecule has 2 aliphatic rings. The summed E-state index contributed by atoms with van der Waals surface area (Å²) in [5.74, 6) is 1.71. The summed E-state index contributed by atoms with van der Waals surface area (Å²) in [4.78, 5) is 12.4. The Morgan fingerprint density at radius 1 is 1.07 bits per heavy atom. The van der Waals surface area contributed by atoms with Crippen LogP contribution in [0.1, 0.15) is 38.2 Å². The Hall–Kier alpha value is -2.41. The summed E-state index contributed by atoms with van der Waals surface area (Å²) in [5.41, 5.74) is 1.20. The standard InChI is InChI=1S/C23H27FN2O3S/c1-15(22-13-17-2-5-18(22)12-17)25-23(27)14-16-3-8-20(9-4-16)26-30(28,29)21-10-6-19(24)7-11-21/h3-4,6-11,15,17-18,22,26H,2,5,12-14H2,1H3,(H,25,27)/t15-,17-,18-,22-/m1/s1. The Morgan fingerprint density at radius 3 is 2.37 bits per heavy atom. The summed E-state index contributed by atoms with van der Waals surface area (Å²) in [6.07, 6.45) is 5.45. The fraction of sp³-hybridized carbons (Fsp3) is 0.435. The monoisotopic (exact) mass is 430 g/mol. The van der Waals surface area contributed by atoms with Crippen LogP contribution in [0, 0.1) is 23.6 Å². The first-order valence-corrected chi connectivity index (χ1v) is 11.9. The van der Waals surface area contributed by atoms with Crippen LogP contribution in [0.15, 0.2) is 53.4 Å². The van der Waals surface area contributed by atoms with Gasteiger partial charge in [0.25, 0.3) is 10.0 Å². The molecule has 2 bridgehead atoms. The molecular formula is C23H27FN2O3S. The van der Waals surface area contributed by atoms with E-state index in [1.54, 1.807) is 24.3 Å². The van der Waals surface area contributed by atoms with Crippen molar-refractivity contribution in [3.63, 3.8) is 0 Å². The molecule has 0 radical (unpaired) electrons. The molecule has 2 fully saturated rings. The van der Waals surface area contributed by atoms with Crippen LogP contribution < -0.4 is 10.0 Å². The molecule has 30 heavy (non-hydrogen) atoms. The third-order valence-corrected chi connectivity index (χ3v) is 7.92. The minimum absolute atomic E-state index is 0.00934. The van der Waals surface area contributed by atoms with Crippen LogP contribution in [-0.4, -0.2) is 20.4 Å². The molecule has 160 valence electrons. The van der Waals surface area contributed by atoms with E-state index in [0.29, 0.717) is 11.6 Å². The predicted molar refractivity (Wildman–Crippen MR) is 114 cm³/mol. The summed E-state index contributed by atoms with van der Waals surface area (Å²) in [6.45, 7) is 2.11. The van der Waals surface area contributed by atoms with Gasteiger partial charge in [0.2, 0.25) is 5.91 Å². The zero-order valence-electron chi connectivity index (χ0n) is 17.0. The summed E-state index contributed by atoms with van der Waals surface area (Å²) in [7, 11) is -3.79. The molecule has 4 rings (SSSR count). The summed E-state index contributed by atoms with van der Waals surface area (Å²) < 4.78 is 40.2. The minimum atomic E-state index is -3.79. The van der Waals surface area contributed by atoms with Gasteiger partial charge in [-0.3, -0.25) is 9.52 Å². The van der Waals surface area contributed by atoms with Crippen LogP contribution in [0.5, 0.6) is 0 Å². The number of carbonyl (C=O) groups is 1. The number of rotatable bonds is 7. The minimum Gasteiger partial charge on any atom is -0.353 e. The maximum absolute atomic E-state index is 13.0. The molecule has 2 saturated carbocycles. The molecular weight excluding hydrogens is 403 g/mol. The van der Waals surface area contributed by atoms with Gasteiger partial charge in [0.1, 0.15) is 5.82 Å². The van der Waals surface area contributed by atoms with Crippen LogP contribution in [0.25, 0.3) is 0 Å². The summed E-state index contributed by atoms with van der Waals surface area (Å²) >= 11 is 0. The zero-order valence-corrected chi connectivity index (χ0v) is 17.8. The highest BCUT2D eigenvalue weighted by Gasteiger charge is 2.42. The van der Waals surface area contributed by atoms with Crippen molar-refractivity contribution in [3.8, 4) is 0 Å². The van der Waals surface area contributed by atoms with Crippen molar-refractivity contribution >= 4 is 21.6 Å². The third-order valence-electron chi connectivity index (χ3n) is 6.52. The molecule has 1 amide bonds. The molecule has 0 spiro atoms. The van der Waals surface area contributed by atoms with Crippen molar-refractivity contribution in [2.45, 2.75) is 50.0 Å². The number of sulfonamides is 1. The molecule has 5 nitrogen and oxygen atoms in total. The van der Waals surface area contributed by atoms with Gasteiger partial charge in [0.15, 0.2) is 0 Å². The number of hydrogen-bond donors (Lipinski definition) is 2. The van der Waals surface area contributed by atoms with Crippen molar-refractivity contribution in [2.24, 2.45) is 17.8 Å². The van der Waals surface area contributed by atoms with Gasteiger partial charge in [0, 0.05) is 11.7 Å². The van der Waals surface area contributed by atoms with E-state index in [2.05, 4.69) is 17.0 Å². The first-order valence-electron chi connectivity index (χ1n) is 10.5. The van der Waals surface area contributed by atoms with E-state index in [9.17, 15) is 17.6 Å². The molecule has 4 atom stereocenters. The Labute approximate surface area is 177 Å². The Kier molecular flexibility index (Phi) is 5.82. The number of benzene rings is 2. The Morgan fingerprint density at radius 2 is 1.77 bits per heavy atom. The van der Waals surface area contributed by atoms with Crippen molar-refractivity contribution < 1.29 is 17.6 Å². The number of anilines is 1. The summed E-state index contributed by atoms with van der Waals surface area (Å²) in [5, 5.41) is 3.15. The van der Waals surface area contributed by atoms with Gasteiger partial charge in [-0.2, -0.15) is 0 Å². The Bertz CT molecular complexity index is 1010. The first kappa shape index (κ1) is 20.8. The van der Waals surface area contributed by atoms with Crippen LogP contribution in [0.2, 0.25) is 0 Å². The van der Waals surface area contributed by atoms with E-state index >= 15 is 0 Å². The lowest BCUT2D eigenvalue weighted by atomic mass is 9.84. The number of halogens is 1. The second-order valence-corrected chi connectivity index (χ2v) is 10.3. The maximum Gasteiger partial charge on any atom is 0.261 e. The zero-order chi connectivity index (χ0) is 21.3. The van der Waals surface area contributed by atoms with Gasteiger partial charge in [-0.05, 0) is 85.9 Å². The average Bonchev–Trinajstić information content (AvgIpc) is 3.33. The molecule has 2 N–H and O–H groups in total. The molecule has 2 aromatic carbocycles. The number of hydrogen-bond acceptors (Lipinski definition) is 3. The fourth-order valence-electron chi connectivity index (χ4n) is 5.02. The lowest BCUT2D eigenvalue weighted by Gasteiger charge is -2.28. The van der Waals surface area contributed by atoms with E-state index in [0.717, 1.165) is 29.5 Å². The Balaban J connectivity index is 1.32. The molecule has 7 heteroatoms. The molecule has 2 aromatic rings. The van der Waals surface area contributed by atoms with Gasteiger partial charge in [-0.15, -0.1) is 0 Å². The highest BCUT2D eigenvalue weighted by Crippen LogP contribution is 2.49. The van der Waals surface area contributed by atoms with Crippen molar-refractivity contribution in [3.05, 3.63) is 59.9 Å². The molecule has 0 unspecified atom stereocenters. The highest BCUT2D eigenvalue weighted by atomic mass is 32.2. The summed E-state index contributed by atoms with van der Waals surface area (Å²) in [6, 6.07) is 11.6.